The van der Waals surface area contributed by atoms with Crippen molar-refractivity contribution < 1.29 is 4.79 Å². The number of nitrogens with zero attached hydrogens (tertiary/aromatic N) is 2. The van der Waals surface area contributed by atoms with Crippen LogP contribution < -0.4 is 5.56 Å². The van der Waals surface area contributed by atoms with Gasteiger partial charge in [-0.2, -0.15) is 0 Å². The van der Waals surface area contributed by atoms with Gasteiger partial charge in [-0.15, -0.1) is 0 Å². The first kappa shape index (κ1) is 18.3. The van der Waals surface area contributed by atoms with Gasteiger partial charge in [0.15, 0.2) is 5.78 Å². The van der Waals surface area contributed by atoms with Gasteiger partial charge in [-0.25, -0.2) is 4.98 Å². The molecule has 5 nitrogen and oxygen atoms in total. The molecule has 0 spiro atoms. The summed E-state index contributed by atoms with van der Waals surface area (Å²) in [5.74, 6) is 0.0752. The molecule has 0 atom stereocenters. The van der Waals surface area contributed by atoms with E-state index in [1.807, 2.05) is 56.3 Å². The van der Waals surface area contributed by atoms with Gasteiger partial charge in [0.05, 0.1) is 11.0 Å². The van der Waals surface area contributed by atoms with Crippen molar-refractivity contribution in [1.29, 1.82) is 0 Å². The van der Waals surface area contributed by atoms with Crippen LogP contribution in [0.1, 0.15) is 25.1 Å². The number of nitrogens with one attached hydrogen (secondary N) is 1. The Hall–Kier alpha value is -3.05. The molecule has 0 unspecified atom stereocenters. The van der Waals surface area contributed by atoms with Crippen LogP contribution >= 0.6 is 0 Å². The van der Waals surface area contributed by atoms with E-state index in [0.29, 0.717) is 29.7 Å². The van der Waals surface area contributed by atoms with E-state index in [1.165, 1.54) is 5.56 Å². The molecule has 0 aliphatic carbocycles. The number of Topliss-reactive ketones (excluding diaryl/α,β-unsaturated/α-hetero) is 1. The van der Waals surface area contributed by atoms with E-state index in [9.17, 15) is 9.59 Å². The zero-order valence-electron chi connectivity index (χ0n) is 16.1. The van der Waals surface area contributed by atoms with Crippen LogP contribution in [0.3, 0.4) is 0 Å². The Morgan fingerprint density at radius 1 is 1.07 bits per heavy atom. The first-order valence-corrected chi connectivity index (χ1v) is 9.43. The van der Waals surface area contributed by atoms with Gasteiger partial charge in [-0.1, -0.05) is 56.3 Å². The fourth-order valence-electron chi connectivity index (χ4n) is 3.81. The number of hydrogen-bond acceptors (Lipinski definition) is 4. The number of likely N-dealkylation sites (tertiary alicyclic amines) is 1. The van der Waals surface area contributed by atoms with Gasteiger partial charge in [0, 0.05) is 30.6 Å². The quantitative estimate of drug-likeness (QED) is 0.715. The number of fused-ring (bicyclic) bond motifs is 1. The Morgan fingerprint density at radius 3 is 2.57 bits per heavy atom. The highest BCUT2D eigenvalue weighted by molar-refractivity contribution is 6.04. The highest BCUT2D eigenvalue weighted by Gasteiger charge is 2.37. The Labute approximate surface area is 163 Å². The van der Waals surface area contributed by atoms with E-state index in [0.717, 1.165) is 6.54 Å². The predicted octanol–water partition coefficient (Wildman–Crippen LogP) is 3.42. The summed E-state index contributed by atoms with van der Waals surface area (Å²) in [6.45, 7) is 5.86. The van der Waals surface area contributed by atoms with E-state index < -0.39 is 5.41 Å². The number of piperidine rings is 1. The van der Waals surface area contributed by atoms with Crippen LogP contribution in [0.15, 0.2) is 65.0 Å². The zero-order valence-corrected chi connectivity index (χ0v) is 16.1. The van der Waals surface area contributed by atoms with Gasteiger partial charge in [0.25, 0.3) is 5.56 Å². The van der Waals surface area contributed by atoms with E-state index in [4.69, 9.17) is 0 Å². The Morgan fingerprint density at radius 2 is 1.79 bits per heavy atom. The maximum Gasteiger partial charge on any atom is 0.274 e. The first-order valence-electron chi connectivity index (χ1n) is 9.43. The average molecular weight is 373 g/mol. The number of H-pyrrole nitrogens is 1. The molecule has 0 bridgehead atoms. The molecular formula is C23H23N3O2. The SMILES string of the molecule is CC1(C)CN(Cc2ccccc2)CC(=Cc2nc3ccccc3[nH]c2=O)C1=O. The minimum Gasteiger partial charge on any atom is -0.319 e. The molecule has 2 aromatic carbocycles. The lowest BCUT2D eigenvalue weighted by Gasteiger charge is -2.38. The van der Waals surface area contributed by atoms with Gasteiger partial charge >= 0.3 is 0 Å². The minimum absolute atomic E-state index is 0.0752. The Balaban J connectivity index is 1.69. The molecule has 3 aromatic rings. The molecule has 1 N–H and O–H groups in total. The van der Waals surface area contributed by atoms with Crippen LogP contribution in [0.4, 0.5) is 0 Å². The Kier molecular flexibility index (Phi) is 4.69. The number of carbonyl (C=O) groups excluding carboxylic acids is 1. The molecule has 1 aliphatic rings. The van der Waals surface area contributed by atoms with Gasteiger partial charge in [-0.3, -0.25) is 14.5 Å². The fraction of sp³-hybridized carbons (Fsp3) is 0.261. The summed E-state index contributed by atoms with van der Waals surface area (Å²) in [5.41, 5.74) is 2.71. The van der Waals surface area contributed by atoms with Crippen LogP contribution in [0.25, 0.3) is 17.1 Å². The second-order valence-corrected chi connectivity index (χ2v) is 7.98. The molecule has 1 saturated heterocycles. The van der Waals surface area contributed by atoms with Crippen molar-refractivity contribution in [3.05, 3.63) is 81.8 Å². The minimum atomic E-state index is -0.511. The predicted molar refractivity (Wildman–Crippen MR) is 111 cm³/mol. The van der Waals surface area contributed by atoms with Crippen molar-refractivity contribution in [2.24, 2.45) is 5.41 Å². The van der Waals surface area contributed by atoms with Gasteiger partial charge in [-0.05, 0) is 23.8 Å². The summed E-state index contributed by atoms with van der Waals surface area (Å²) in [6, 6.07) is 17.6. The van der Waals surface area contributed by atoms with Crippen molar-refractivity contribution in [3.63, 3.8) is 0 Å². The van der Waals surface area contributed by atoms with E-state index >= 15 is 0 Å². The van der Waals surface area contributed by atoms with Crippen LogP contribution in [0.5, 0.6) is 0 Å². The number of benzene rings is 2. The molecular weight excluding hydrogens is 350 g/mol. The van der Waals surface area contributed by atoms with Gasteiger partial charge < -0.3 is 4.98 Å². The molecule has 1 fully saturated rings. The second kappa shape index (κ2) is 7.17. The molecule has 0 saturated carbocycles. The molecule has 28 heavy (non-hydrogen) atoms. The second-order valence-electron chi connectivity index (χ2n) is 7.98. The van der Waals surface area contributed by atoms with Crippen LogP contribution in [0, 0.1) is 5.41 Å². The lowest BCUT2D eigenvalue weighted by molar-refractivity contribution is -0.126. The smallest absolute Gasteiger partial charge is 0.274 e. The fourth-order valence-corrected chi connectivity index (χ4v) is 3.81. The number of carbonyl (C=O) groups is 1. The summed E-state index contributed by atoms with van der Waals surface area (Å²) in [5, 5.41) is 0. The van der Waals surface area contributed by atoms with Crippen molar-refractivity contribution >= 4 is 22.9 Å². The van der Waals surface area contributed by atoms with E-state index in [2.05, 4.69) is 27.0 Å². The number of hydrogen-bond donors (Lipinski definition) is 1. The largest absolute Gasteiger partial charge is 0.319 e. The van der Waals surface area contributed by atoms with Crippen molar-refractivity contribution in [1.82, 2.24) is 14.9 Å². The van der Waals surface area contributed by atoms with E-state index in [1.54, 1.807) is 6.08 Å². The first-order chi connectivity index (χ1) is 13.4. The molecule has 1 aliphatic heterocycles. The topological polar surface area (TPSA) is 66.1 Å². The summed E-state index contributed by atoms with van der Waals surface area (Å²) in [6.07, 6.45) is 1.66. The lowest BCUT2D eigenvalue weighted by atomic mass is 9.79. The number of para-hydroxylation sites is 2. The van der Waals surface area contributed by atoms with Gasteiger partial charge in [0.2, 0.25) is 0 Å². The van der Waals surface area contributed by atoms with Crippen LogP contribution in [-0.2, 0) is 11.3 Å². The highest BCUT2D eigenvalue weighted by Crippen LogP contribution is 2.30. The van der Waals surface area contributed by atoms with Crippen molar-refractivity contribution in [2.45, 2.75) is 20.4 Å². The third-order valence-corrected chi connectivity index (χ3v) is 5.10. The summed E-state index contributed by atoms with van der Waals surface area (Å²) in [7, 11) is 0. The van der Waals surface area contributed by atoms with Crippen LogP contribution in [0.2, 0.25) is 0 Å². The maximum atomic E-state index is 13.0. The zero-order chi connectivity index (χ0) is 19.7. The van der Waals surface area contributed by atoms with Crippen molar-refractivity contribution in [3.8, 4) is 0 Å². The standard InChI is InChI=1S/C23H23N3O2/c1-23(2)15-26(13-16-8-4-3-5-9-16)14-17(21(23)27)12-20-22(28)25-19-11-7-6-10-18(19)24-20/h3-12H,13-15H2,1-2H3,(H,25,28). The highest BCUT2D eigenvalue weighted by atomic mass is 16.1. The van der Waals surface area contributed by atoms with Crippen molar-refractivity contribution in [2.75, 3.05) is 13.1 Å². The molecule has 5 heteroatoms. The molecule has 1 aromatic heterocycles. The number of aromatic amines is 1. The molecule has 142 valence electrons. The molecule has 2 heterocycles. The lowest BCUT2D eigenvalue weighted by Crippen LogP contribution is -2.47. The Bertz CT molecular complexity index is 1110. The normalized spacial score (nSPS) is 18.6. The molecule has 0 radical (unpaired) electrons. The van der Waals surface area contributed by atoms with E-state index in [-0.39, 0.29) is 17.0 Å². The number of ketones is 1. The maximum absolute atomic E-state index is 13.0. The summed E-state index contributed by atoms with van der Waals surface area (Å²) < 4.78 is 0. The summed E-state index contributed by atoms with van der Waals surface area (Å²) in [4.78, 5) is 35.0. The van der Waals surface area contributed by atoms with Gasteiger partial charge in [0.1, 0.15) is 5.69 Å². The van der Waals surface area contributed by atoms with Crippen LogP contribution in [-0.4, -0.2) is 33.7 Å². The third-order valence-electron chi connectivity index (χ3n) is 5.10. The average Bonchev–Trinajstić information content (AvgIpc) is 2.67. The molecule has 4 rings (SSSR count). The number of aromatic nitrogens is 2. The third kappa shape index (κ3) is 3.66. The summed E-state index contributed by atoms with van der Waals surface area (Å²) >= 11 is 0. The monoisotopic (exact) mass is 373 g/mol. The molecule has 0 amide bonds. The number of rotatable bonds is 3.